The number of para-hydroxylation sites is 1. The summed E-state index contributed by atoms with van der Waals surface area (Å²) in [4.78, 5) is 13.7. The zero-order valence-electron chi connectivity index (χ0n) is 14.8. The van der Waals surface area contributed by atoms with Gasteiger partial charge in [-0.2, -0.15) is 0 Å². The number of hydrogen-bond donors (Lipinski definition) is 3. The van der Waals surface area contributed by atoms with Gasteiger partial charge in [0.2, 0.25) is 0 Å². The first kappa shape index (κ1) is 18.9. The molecule has 0 spiro atoms. The fraction of sp³-hybridized carbons (Fsp3) is 0.190. The molecule has 0 saturated carbocycles. The van der Waals surface area contributed by atoms with Gasteiger partial charge in [-0.15, -0.1) is 11.3 Å². The van der Waals surface area contributed by atoms with Crippen LogP contribution in [0.1, 0.15) is 21.4 Å². The Kier molecular flexibility index (Phi) is 6.84. The van der Waals surface area contributed by atoms with Crippen molar-refractivity contribution in [2.24, 2.45) is 0 Å². The molecule has 140 valence electrons. The highest BCUT2D eigenvalue weighted by molar-refractivity contribution is 7.12. The predicted octanol–water partition coefficient (Wildman–Crippen LogP) is 3.71. The van der Waals surface area contributed by atoms with Crippen molar-refractivity contribution in [2.75, 3.05) is 13.2 Å². The van der Waals surface area contributed by atoms with E-state index in [2.05, 4.69) is 10.6 Å². The maximum atomic E-state index is 11.9. The van der Waals surface area contributed by atoms with Gasteiger partial charge in [-0.3, -0.25) is 0 Å². The zero-order chi connectivity index (χ0) is 18.9. The zero-order valence-corrected chi connectivity index (χ0v) is 15.6. The lowest BCUT2D eigenvalue weighted by atomic mass is 10.1. The first-order valence-corrected chi connectivity index (χ1v) is 9.55. The summed E-state index contributed by atoms with van der Waals surface area (Å²) in [6, 6.07) is 22.6. The standard InChI is InChI=1S/C21H22N2O3S/c24-20(16-7-3-1-4-8-16)19-12-11-18(27-19)15-23-21(25)22-13-14-26-17-9-5-2-6-10-17/h1-12,20,24H,13-15H2,(H2,22,23,25). The SMILES string of the molecule is O=C(NCCOc1ccccc1)NCc1ccc(C(O)c2ccccc2)s1. The summed E-state index contributed by atoms with van der Waals surface area (Å²) in [7, 11) is 0. The Bertz CT molecular complexity index is 837. The van der Waals surface area contributed by atoms with Crippen LogP contribution >= 0.6 is 11.3 Å². The maximum absolute atomic E-state index is 11.9. The van der Waals surface area contributed by atoms with E-state index < -0.39 is 6.10 Å². The lowest BCUT2D eigenvalue weighted by Crippen LogP contribution is -2.37. The second-order valence-electron chi connectivity index (χ2n) is 5.89. The number of hydrogen-bond acceptors (Lipinski definition) is 4. The molecule has 1 aromatic heterocycles. The number of amides is 2. The smallest absolute Gasteiger partial charge is 0.315 e. The van der Waals surface area contributed by atoms with E-state index in [1.165, 1.54) is 11.3 Å². The van der Waals surface area contributed by atoms with Crippen molar-refractivity contribution < 1.29 is 14.6 Å². The van der Waals surface area contributed by atoms with Crippen LogP contribution in [0.5, 0.6) is 5.75 Å². The van der Waals surface area contributed by atoms with Crippen LogP contribution in [0.3, 0.4) is 0 Å². The van der Waals surface area contributed by atoms with Crippen molar-refractivity contribution in [1.82, 2.24) is 10.6 Å². The van der Waals surface area contributed by atoms with Gasteiger partial charge in [0.1, 0.15) is 18.5 Å². The molecule has 0 saturated heterocycles. The van der Waals surface area contributed by atoms with E-state index in [9.17, 15) is 9.90 Å². The first-order valence-electron chi connectivity index (χ1n) is 8.73. The minimum Gasteiger partial charge on any atom is -0.492 e. The van der Waals surface area contributed by atoms with Crippen molar-refractivity contribution in [1.29, 1.82) is 0 Å². The average molecular weight is 382 g/mol. The van der Waals surface area contributed by atoms with Crippen LogP contribution in [0.25, 0.3) is 0 Å². The summed E-state index contributed by atoms with van der Waals surface area (Å²) >= 11 is 1.49. The van der Waals surface area contributed by atoms with Gasteiger partial charge in [-0.25, -0.2) is 4.79 Å². The lowest BCUT2D eigenvalue weighted by Gasteiger charge is -2.09. The second-order valence-corrected chi connectivity index (χ2v) is 7.09. The number of rotatable bonds is 8. The highest BCUT2D eigenvalue weighted by Gasteiger charge is 2.13. The molecule has 0 aliphatic carbocycles. The van der Waals surface area contributed by atoms with Crippen molar-refractivity contribution in [2.45, 2.75) is 12.6 Å². The highest BCUT2D eigenvalue weighted by atomic mass is 32.1. The number of carbonyl (C=O) groups is 1. The predicted molar refractivity (Wildman–Crippen MR) is 107 cm³/mol. The summed E-state index contributed by atoms with van der Waals surface area (Å²) < 4.78 is 5.52. The molecule has 1 unspecified atom stereocenters. The van der Waals surface area contributed by atoms with Gasteiger partial charge in [0.25, 0.3) is 0 Å². The first-order chi connectivity index (χ1) is 13.2. The van der Waals surface area contributed by atoms with Gasteiger partial charge < -0.3 is 20.5 Å². The summed E-state index contributed by atoms with van der Waals surface area (Å²) in [5.41, 5.74) is 0.856. The van der Waals surface area contributed by atoms with Gasteiger partial charge in [-0.05, 0) is 29.8 Å². The Hall–Kier alpha value is -2.83. The summed E-state index contributed by atoms with van der Waals surface area (Å²) in [5, 5.41) is 16.0. The molecule has 3 N–H and O–H groups in total. The molecule has 3 aromatic rings. The molecule has 0 radical (unpaired) electrons. The molecule has 3 rings (SSSR count). The van der Waals surface area contributed by atoms with Gasteiger partial charge in [0, 0.05) is 9.75 Å². The number of aliphatic hydroxyl groups excluding tert-OH is 1. The molecular weight excluding hydrogens is 360 g/mol. The van der Waals surface area contributed by atoms with Crippen molar-refractivity contribution >= 4 is 17.4 Å². The van der Waals surface area contributed by atoms with Crippen LogP contribution in [0.2, 0.25) is 0 Å². The van der Waals surface area contributed by atoms with Crippen LogP contribution in [-0.2, 0) is 6.54 Å². The van der Waals surface area contributed by atoms with Crippen molar-refractivity contribution in [3.8, 4) is 5.75 Å². The third-order valence-electron chi connectivity index (χ3n) is 3.89. The number of thiophene rings is 1. The van der Waals surface area contributed by atoms with Crippen LogP contribution in [0, 0.1) is 0 Å². The Morgan fingerprint density at radius 1 is 0.963 bits per heavy atom. The molecule has 1 atom stereocenters. The molecule has 6 heteroatoms. The van der Waals surface area contributed by atoms with E-state index in [4.69, 9.17) is 4.74 Å². The Morgan fingerprint density at radius 3 is 2.41 bits per heavy atom. The number of urea groups is 1. The van der Waals surface area contributed by atoms with Crippen LogP contribution in [-0.4, -0.2) is 24.3 Å². The van der Waals surface area contributed by atoms with Crippen LogP contribution in [0.15, 0.2) is 72.8 Å². The Balaban J connectivity index is 1.38. The van der Waals surface area contributed by atoms with Crippen molar-refractivity contribution in [3.63, 3.8) is 0 Å². The van der Waals surface area contributed by atoms with Gasteiger partial charge in [-0.1, -0.05) is 48.5 Å². The number of ether oxygens (including phenoxy) is 1. The number of carbonyl (C=O) groups excluding carboxylic acids is 1. The second kappa shape index (κ2) is 9.75. The highest BCUT2D eigenvalue weighted by Crippen LogP contribution is 2.28. The number of aliphatic hydroxyl groups is 1. The van der Waals surface area contributed by atoms with E-state index in [-0.39, 0.29) is 6.03 Å². The molecule has 1 heterocycles. The third kappa shape index (κ3) is 5.84. The molecule has 2 amide bonds. The Labute approximate surface area is 162 Å². The van der Waals surface area contributed by atoms with E-state index in [0.29, 0.717) is 19.7 Å². The van der Waals surface area contributed by atoms with Gasteiger partial charge in [0.05, 0.1) is 13.1 Å². The summed E-state index contributed by atoms with van der Waals surface area (Å²) in [6.45, 7) is 1.24. The monoisotopic (exact) mass is 382 g/mol. The molecule has 0 bridgehead atoms. The molecule has 0 fully saturated rings. The topological polar surface area (TPSA) is 70.6 Å². The van der Waals surface area contributed by atoms with E-state index >= 15 is 0 Å². The third-order valence-corrected chi connectivity index (χ3v) is 5.03. The normalized spacial score (nSPS) is 11.6. The maximum Gasteiger partial charge on any atom is 0.315 e. The van der Waals surface area contributed by atoms with Gasteiger partial charge in [0.15, 0.2) is 0 Å². The Morgan fingerprint density at radius 2 is 1.67 bits per heavy atom. The van der Waals surface area contributed by atoms with Crippen molar-refractivity contribution in [3.05, 3.63) is 88.1 Å². The fourth-order valence-electron chi connectivity index (χ4n) is 2.52. The van der Waals surface area contributed by atoms with Gasteiger partial charge >= 0.3 is 6.03 Å². The average Bonchev–Trinajstić information content (AvgIpc) is 3.19. The molecule has 2 aromatic carbocycles. The fourth-order valence-corrected chi connectivity index (χ4v) is 3.48. The molecular formula is C21H22N2O3S. The minimum atomic E-state index is -0.645. The quantitative estimate of drug-likeness (QED) is 0.520. The molecule has 5 nitrogen and oxygen atoms in total. The van der Waals surface area contributed by atoms with Crippen LogP contribution in [0.4, 0.5) is 4.79 Å². The largest absolute Gasteiger partial charge is 0.492 e. The van der Waals surface area contributed by atoms with E-state index in [0.717, 1.165) is 21.1 Å². The lowest BCUT2D eigenvalue weighted by molar-refractivity contribution is 0.224. The molecule has 0 aliphatic rings. The summed E-state index contributed by atoms with van der Waals surface area (Å²) in [6.07, 6.45) is -0.645. The minimum absolute atomic E-state index is 0.245. The summed E-state index contributed by atoms with van der Waals surface area (Å²) in [5.74, 6) is 0.780. The number of benzene rings is 2. The van der Waals surface area contributed by atoms with E-state index in [1.54, 1.807) is 0 Å². The van der Waals surface area contributed by atoms with Crippen LogP contribution < -0.4 is 15.4 Å². The number of nitrogens with one attached hydrogen (secondary N) is 2. The molecule has 0 aliphatic heterocycles. The van der Waals surface area contributed by atoms with E-state index in [1.807, 2.05) is 72.8 Å². The molecule has 27 heavy (non-hydrogen) atoms.